The Labute approximate surface area is 179 Å². The van der Waals surface area contributed by atoms with Crippen LogP contribution in [0.2, 0.25) is 0 Å². The molecular weight excluding hydrogens is 374 g/mol. The van der Waals surface area contributed by atoms with Crippen molar-refractivity contribution in [1.82, 2.24) is 9.80 Å². The minimum atomic E-state index is -0.154. The molecule has 2 atom stereocenters. The van der Waals surface area contributed by atoms with Crippen LogP contribution in [0.1, 0.15) is 32.6 Å². The van der Waals surface area contributed by atoms with Gasteiger partial charge in [-0.1, -0.05) is 30.3 Å². The molecule has 2 aromatic carbocycles. The number of hydrogen-bond acceptors (Lipinski definition) is 4. The summed E-state index contributed by atoms with van der Waals surface area (Å²) in [5, 5.41) is 12.8. The number of aliphatic hydroxyl groups is 1. The maximum Gasteiger partial charge on any atom is 0.245 e. The monoisotopic (exact) mass is 407 g/mol. The third-order valence-electron chi connectivity index (χ3n) is 7.67. The van der Waals surface area contributed by atoms with E-state index in [1.54, 1.807) is 0 Å². The molecule has 0 bridgehead atoms. The predicted octanol–water partition coefficient (Wildman–Crippen LogP) is 3.11. The van der Waals surface area contributed by atoms with Gasteiger partial charge in [0.1, 0.15) is 6.04 Å². The number of piperidine rings is 1. The Kier molecular flexibility index (Phi) is 5.19. The molecule has 1 spiro atoms. The van der Waals surface area contributed by atoms with Crippen molar-refractivity contribution in [3.05, 3.63) is 42.5 Å². The number of fused-ring (bicyclic) bond motifs is 1. The molecule has 3 aliphatic rings. The quantitative estimate of drug-likeness (QED) is 0.827. The molecule has 3 fully saturated rings. The van der Waals surface area contributed by atoms with Crippen molar-refractivity contribution in [3.63, 3.8) is 0 Å². The van der Waals surface area contributed by atoms with E-state index in [9.17, 15) is 9.90 Å². The van der Waals surface area contributed by atoms with E-state index in [1.165, 1.54) is 23.6 Å². The highest BCUT2D eigenvalue weighted by atomic mass is 16.3. The lowest BCUT2D eigenvalue weighted by molar-refractivity contribution is -0.134. The number of carbonyl (C=O) groups is 1. The first-order chi connectivity index (χ1) is 14.6. The van der Waals surface area contributed by atoms with Gasteiger partial charge in [0, 0.05) is 31.9 Å². The van der Waals surface area contributed by atoms with Gasteiger partial charge in [0.25, 0.3) is 0 Å². The van der Waals surface area contributed by atoms with Gasteiger partial charge in [0.05, 0.1) is 6.10 Å². The van der Waals surface area contributed by atoms with E-state index in [2.05, 4.69) is 52.3 Å². The summed E-state index contributed by atoms with van der Waals surface area (Å²) in [5.74, 6) is 0.227. The molecule has 2 saturated heterocycles. The van der Waals surface area contributed by atoms with Crippen LogP contribution in [-0.2, 0) is 4.79 Å². The van der Waals surface area contributed by atoms with Crippen molar-refractivity contribution < 1.29 is 9.90 Å². The Morgan fingerprint density at radius 2 is 1.80 bits per heavy atom. The zero-order valence-corrected chi connectivity index (χ0v) is 18.0. The maximum atomic E-state index is 13.0. The van der Waals surface area contributed by atoms with Crippen LogP contribution in [-0.4, -0.2) is 72.2 Å². The molecule has 30 heavy (non-hydrogen) atoms. The fourth-order valence-corrected chi connectivity index (χ4v) is 5.37. The van der Waals surface area contributed by atoms with Crippen molar-refractivity contribution in [2.24, 2.45) is 5.41 Å². The molecule has 1 saturated carbocycles. The summed E-state index contributed by atoms with van der Waals surface area (Å²) in [6.45, 7) is 7.36. The van der Waals surface area contributed by atoms with Crippen molar-refractivity contribution in [2.45, 2.75) is 44.8 Å². The Bertz CT molecular complexity index is 926. The summed E-state index contributed by atoms with van der Waals surface area (Å²) in [7, 11) is 0. The van der Waals surface area contributed by atoms with Crippen LogP contribution >= 0.6 is 0 Å². The molecule has 2 aliphatic heterocycles. The molecule has 2 unspecified atom stereocenters. The van der Waals surface area contributed by atoms with Gasteiger partial charge in [-0.05, 0) is 74.0 Å². The molecule has 5 nitrogen and oxygen atoms in total. The maximum absolute atomic E-state index is 13.0. The number of aliphatic hydroxyl groups excluding tert-OH is 1. The predicted molar refractivity (Wildman–Crippen MR) is 121 cm³/mol. The highest BCUT2D eigenvalue weighted by Gasteiger charge is 2.51. The van der Waals surface area contributed by atoms with E-state index in [0.717, 1.165) is 57.8 Å². The fraction of sp³-hybridized carbons (Fsp3) is 0.560. The third kappa shape index (κ3) is 3.69. The summed E-state index contributed by atoms with van der Waals surface area (Å²) in [4.78, 5) is 19.7. The normalized spacial score (nSPS) is 26.5. The van der Waals surface area contributed by atoms with Gasteiger partial charge in [0.2, 0.25) is 5.91 Å². The van der Waals surface area contributed by atoms with Crippen LogP contribution in [0.3, 0.4) is 0 Å². The minimum absolute atomic E-state index is 0.133. The summed E-state index contributed by atoms with van der Waals surface area (Å²) in [6, 6.07) is 14.7. The van der Waals surface area contributed by atoms with Crippen LogP contribution < -0.4 is 4.90 Å². The first-order valence-electron chi connectivity index (χ1n) is 11.5. The van der Waals surface area contributed by atoms with E-state index >= 15 is 0 Å². The average molecular weight is 408 g/mol. The molecule has 1 N–H and O–H groups in total. The first-order valence-corrected chi connectivity index (χ1v) is 11.5. The lowest BCUT2D eigenvalue weighted by Crippen LogP contribution is -2.56. The number of nitrogens with zero attached hydrogens (tertiary/aromatic N) is 3. The summed E-state index contributed by atoms with van der Waals surface area (Å²) in [5.41, 5.74) is 1.39. The molecule has 2 heterocycles. The van der Waals surface area contributed by atoms with Gasteiger partial charge in [-0.25, -0.2) is 0 Å². The molecule has 1 amide bonds. The van der Waals surface area contributed by atoms with Gasteiger partial charge < -0.3 is 19.8 Å². The number of amides is 1. The molecule has 0 radical (unpaired) electrons. The Hall–Kier alpha value is -2.11. The number of benzene rings is 2. The number of rotatable bonds is 5. The van der Waals surface area contributed by atoms with E-state index in [1.807, 2.05) is 11.8 Å². The standard InChI is InChI=1S/C25H33N3O2/c1-19-24(30)27(13-4-12-26-14-11-25(9-10-25)23(29)18-26)15-16-28(19)22-8-7-20-5-2-3-6-21(20)17-22/h2-3,5-8,17,19,23,29H,4,9-16,18H2,1H3. The minimum Gasteiger partial charge on any atom is -0.391 e. The topological polar surface area (TPSA) is 47.0 Å². The van der Waals surface area contributed by atoms with Crippen LogP contribution in [0.15, 0.2) is 42.5 Å². The second-order valence-electron chi connectivity index (χ2n) is 9.51. The lowest BCUT2D eigenvalue weighted by atomic mass is 9.90. The van der Waals surface area contributed by atoms with Crippen LogP contribution in [0.25, 0.3) is 10.8 Å². The molecule has 2 aromatic rings. The number of anilines is 1. The third-order valence-corrected chi connectivity index (χ3v) is 7.67. The Morgan fingerprint density at radius 1 is 1.00 bits per heavy atom. The van der Waals surface area contributed by atoms with Crippen LogP contribution in [0, 0.1) is 5.41 Å². The highest BCUT2D eigenvalue weighted by molar-refractivity contribution is 5.89. The SMILES string of the molecule is CC1C(=O)N(CCCN2CCC3(CC3)C(O)C2)CCN1c1ccc2ccccc2c1. The van der Waals surface area contributed by atoms with Crippen LogP contribution in [0.4, 0.5) is 5.69 Å². The number of likely N-dealkylation sites (tertiary alicyclic amines) is 1. The summed E-state index contributed by atoms with van der Waals surface area (Å²) in [6.07, 6.45) is 4.37. The van der Waals surface area contributed by atoms with E-state index in [4.69, 9.17) is 0 Å². The number of carbonyl (C=O) groups excluding carboxylic acids is 1. The molecule has 160 valence electrons. The Balaban J connectivity index is 1.15. The molecule has 0 aromatic heterocycles. The van der Waals surface area contributed by atoms with Crippen molar-refractivity contribution in [3.8, 4) is 0 Å². The largest absolute Gasteiger partial charge is 0.391 e. The average Bonchev–Trinajstić information content (AvgIpc) is 3.54. The summed E-state index contributed by atoms with van der Waals surface area (Å²) >= 11 is 0. The smallest absolute Gasteiger partial charge is 0.245 e. The second-order valence-corrected chi connectivity index (χ2v) is 9.51. The van der Waals surface area contributed by atoms with Gasteiger partial charge in [-0.3, -0.25) is 4.79 Å². The van der Waals surface area contributed by atoms with Gasteiger partial charge in [-0.2, -0.15) is 0 Å². The zero-order chi connectivity index (χ0) is 20.7. The Morgan fingerprint density at radius 3 is 2.57 bits per heavy atom. The van der Waals surface area contributed by atoms with Gasteiger partial charge in [-0.15, -0.1) is 0 Å². The number of hydrogen-bond donors (Lipinski definition) is 1. The number of β-amino-alcohol motifs (C(OH)–C–C–N with tert-alkyl or cyclic N) is 1. The van der Waals surface area contributed by atoms with Gasteiger partial charge >= 0.3 is 0 Å². The highest BCUT2D eigenvalue weighted by Crippen LogP contribution is 2.53. The first kappa shape index (κ1) is 19.8. The molecule has 5 rings (SSSR count). The molecule has 1 aliphatic carbocycles. The van der Waals surface area contributed by atoms with Crippen LogP contribution in [0.5, 0.6) is 0 Å². The molecule has 5 heteroatoms. The van der Waals surface area contributed by atoms with Crippen molar-refractivity contribution >= 4 is 22.4 Å². The van der Waals surface area contributed by atoms with E-state index in [0.29, 0.717) is 0 Å². The van der Waals surface area contributed by atoms with Crippen molar-refractivity contribution in [2.75, 3.05) is 44.2 Å². The fourth-order valence-electron chi connectivity index (χ4n) is 5.37. The molecular formula is C25H33N3O2. The second kappa shape index (κ2) is 7.86. The van der Waals surface area contributed by atoms with E-state index in [-0.39, 0.29) is 23.5 Å². The number of piperazine rings is 1. The zero-order valence-electron chi connectivity index (χ0n) is 18.0. The lowest BCUT2D eigenvalue weighted by Gasteiger charge is -2.41. The van der Waals surface area contributed by atoms with Gasteiger partial charge in [0.15, 0.2) is 0 Å². The van der Waals surface area contributed by atoms with Crippen molar-refractivity contribution in [1.29, 1.82) is 0 Å². The van der Waals surface area contributed by atoms with E-state index < -0.39 is 0 Å². The summed E-state index contributed by atoms with van der Waals surface area (Å²) < 4.78 is 0.